The van der Waals surface area contributed by atoms with Gasteiger partial charge in [-0.3, -0.25) is 4.57 Å². The Morgan fingerprint density at radius 1 is 1.71 bits per heavy atom. The van der Waals surface area contributed by atoms with E-state index in [0.717, 1.165) is 5.57 Å². The van der Waals surface area contributed by atoms with Crippen molar-refractivity contribution in [2.75, 3.05) is 12.3 Å². The van der Waals surface area contributed by atoms with Crippen molar-refractivity contribution >= 4 is 5.82 Å². The number of nitrogens with zero attached hydrogens (tertiary/aromatic N) is 2. The number of aliphatic hydroxyl groups is 1. The molecule has 0 atom stereocenters. The molecule has 0 aliphatic rings. The van der Waals surface area contributed by atoms with Gasteiger partial charge >= 0.3 is 5.69 Å². The van der Waals surface area contributed by atoms with Crippen molar-refractivity contribution < 1.29 is 5.11 Å². The van der Waals surface area contributed by atoms with Gasteiger partial charge in [0.1, 0.15) is 5.82 Å². The Morgan fingerprint density at radius 3 is 3.00 bits per heavy atom. The summed E-state index contributed by atoms with van der Waals surface area (Å²) in [5.74, 6) is 0.207. The van der Waals surface area contributed by atoms with Gasteiger partial charge in [0.15, 0.2) is 0 Å². The first kappa shape index (κ1) is 10.5. The summed E-state index contributed by atoms with van der Waals surface area (Å²) in [5, 5.41) is 8.64. The summed E-state index contributed by atoms with van der Waals surface area (Å²) in [6, 6.07) is 1.55. The van der Waals surface area contributed by atoms with E-state index in [9.17, 15) is 4.79 Å². The van der Waals surface area contributed by atoms with Crippen LogP contribution in [0.15, 0.2) is 29.2 Å². The van der Waals surface area contributed by atoms with E-state index >= 15 is 0 Å². The summed E-state index contributed by atoms with van der Waals surface area (Å²) in [7, 11) is 0. The van der Waals surface area contributed by atoms with Crippen molar-refractivity contribution in [2.24, 2.45) is 0 Å². The molecule has 3 N–H and O–H groups in total. The van der Waals surface area contributed by atoms with Gasteiger partial charge in [-0.1, -0.05) is 12.2 Å². The Bertz CT molecular complexity index is 384. The zero-order chi connectivity index (χ0) is 10.6. The molecule has 1 aromatic heterocycles. The molecule has 1 heterocycles. The molecule has 14 heavy (non-hydrogen) atoms. The van der Waals surface area contributed by atoms with Crippen LogP contribution in [0.25, 0.3) is 0 Å². The molecule has 0 aliphatic heterocycles. The molecule has 1 rings (SSSR count). The lowest BCUT2D eigenvalue weighted by Gasteiger charge is -2.06. The van der Waals surface area contributed by atoms with Gasteiger partial charge in [-0.15, -0.1) is 0 Å². The van der Waals surface area contributed by atoms with Crippen LogP contribution in [0.4, 0.5) is 5.82 Å². The number of aromatic nitrogens is 2. The van der Waals surface area contributed by atoms with Gasteiger partial charge < -0.3 is 10.8 Å². The van der Waals surface area contributed by atoms with E-state index in [1.54, 1.807) is 12.3 Å². The third-order valence-electron chi connectivity index (χ3n) is 1.75. The largest absolute Gasteiger partial charge is 0.396 e. The Balaban J connectivity index is 2.77. The Labute approximate surface area is 81.5 Å². The van der Waals surface area contributed by atoms with Gasteiger partial charge in [0, 0.05) is 19.3 Å². The lowest BCUT2D eigenvalue weighted by Crippen LogP contribution is -2.23. The Morgan fingerprint density at radius 2 is 2.43 bits per heavy atom. The summed E-state index contributed by atoms with van der Waals surface area (Å²) >= 11 is 0. The van der Waals surface area contributed by atoms with Crippen LogP contribution < -0.4 is 11.4 Å². The van der Waals surface area contributed by atoms with Crippen LogP contribution >= 0.6 is 0 Å². The highest BCUT2D eigenvalue weighted by atomic mass is 16.3. The number of nitrogen functional groups attached to an aromatic ring is 1. The third kappa shape index (κ3) is 2.70. The molecule has 0 aromatic carbocycles. The van der Waals surface area contributed by atoms with E-state index in [-0.39, 0.29) is 12.4 Å². The topological polar surface area (TPSA) is 81.1 Å². The standard InChI is InChI=1S/C9H13N3O2/c1-7(3-5-13)6-12-4-2-8(10)11-9(12)14/h2,4,13H,1,3,5-6H2,(H2,10,11,14). The molecular formula is C9H13N3O2. The van der Waals surface area contributed by atoms with Gasteiger partial charge in [-0.2, -0.15) is 4.98 Å². The fraction of sp³-hybridized carbons (Fsp3) is 0.333. The molecular weight excluding hydrogens is 182 g/mol. The molecule has 0 radical (unpaired) electrons. The number of anilines is 1. The normalized spacial score (nSPS) is 10.1. The lowest BCUT2D eigenvalue weighted by atomic mass is 10.2. The van der Waals surface area contributed by atoms with Crippen molar-refractivity contribution in [1.29, 1.82) is 0 Å². The predicted octanol–water partition coefficient (Wildman–Crippen LogP) is -0.236. The average molecular weight is 195 g/mol. The Hall–Kier alpha value is -1.62. The zero-order valence-electron chi connectivity index (χ0n) is 7.81. The minimum atomic E-state index is -0.399. The van der Waals surface area contributed by atoms with Gasteiger partial charge in [-0.05, 0) is 12.5 Å². The molecule has 0 fully saturated rings. The summed E-state index contributed by atoms with van der Waals surface area (Å²) < 4.78 is 1.40. The van der Waals surface area contributed by atoms with Crippen molar-refractivity contribution in [1.82, 2.24) is 9.55 Å². The quantitative estimate of drug-likeness (QED) is 0.650. The van der Waals surface area contributed by atoms with Crippen LogP contribution in [0, 0.1) is 0 Å². The molecule has 0 saturated heterocycles. The van der Waals surface area contributed by atoms with E-state index in [4.69, 9.17) is 10.8 Å². The minimum Gasteiger partial charge on any atom is -0.396 e. The van der Waals surface area contributed by atoms with E-state index in [1.807, 2.05) is 0 Å². The van der Waals surface area contributed by atoms with Crippen molar-refractivity contribution in [2.45, 2.75) is 13.0 Å². The second kappa shape index (κ2) is 4.57. The molecule has 5 heteroatoms. The van der Waals surface area contributed by atoms with Crippen molar-refractivity contribution in [3.05, 3.63) is 34.9 Å². The fourth-order valence-corrected chi connectivity index (χ4v) is 1.04. The first-order valence-electron chi connectivity index (χ1n) is 4.24. The van der Waals surface area contributed by atoms with E-state index < -0.39 is 5.69 Å². The maximum Gasteiger partial charge on any atom is 0.349 e. The predicted molar refractivity (Wildman–Crippen MR) is 53.8 cm³/mol. The van der Waals surface area contributed by atoms with E-state index in [2.05, 4.69) is 11.6 Å². The number of rotatable bonds is 4. The summed E-state index contributed by atoms with van der Waals surface area (Å²) in [4.78, 5) is 14.8. The first-order chi connectivity index (χ1) is 6.63. The van der Waals surface area contributed by atoms with Gasteiger partial charge in [-0.25, -0.2) is 4.79 Å². The molecule has 0 amide bonds. The zero-order valence-corrected chi connectivity index (χ0v) is 7.81. The first-order valence-corrected chi connectivity index (χ1v) is 4.24. The summed E-state index contributed by atoms with van der Waals surface area (Å²) in [5.41, 5.74) is 5.71. The average Bonchev–Trinajstić information content (AvgIpc) is 2.10. The van der Waals surface area contributed by atoms with Crippen LogP contribution in [-0.4, -0.2) is 21.3 Å². The second-order valence-electron chi connectivity index (χ2n) is 2.99. The smallest absolute Gasteiger partial charge is 0.349 e. The number of aliphatic hydroxyl groups excluding tert-OH is 1. The SMILES string of the molecule is C=C(CCO)Cn1ccc(N)nc1=O. The van der Waals surface area contributed by atoms with E-state index in [0.29, 0.717) is 13.0 Å². The minimum absolute atomic E-state index is 0.0377. The highest BCUT2D eigenvalue weighted by Crippen LogP contribution is 2.00. The van der Waals surface area contributed by atoms with Crippen LogP contribution in [0.3, 0.4) is 0 Å². The molecule has 0 saturated carbocycles. The molecule has 76 valence electrons. The highest BCUT2D eigenvalue weighted by molar-refractivity contribution is 5.23. The molecule has 0 aliphatic carbocycles. The second-order valence-corrected chi connectivity index (χ2v) is 2.99. The summed E-state index contributed by atoms with van der Waals surface area (Å²) in [6.07, 6.45) is 2.05. The number of hydrogen-bond donors (Lipinski definition) is 2. The Kier molecular flexibility index (Phi) is 3.41. The van der Waals surface area contributed by atoms with Crippen LogP contribution in [0.1, 0.15) is 6.42 Å². The van der Waals surface area contributed by atoms with Crippen LogP contribution in [0.2, 0.25) is 0 Å². The highest BCUT2D eigenvalue weighted by Gasteiger charge is 1.99. The van der Waals surface area contributed by atoms with Crippen molar-refractivity contribution in [3.8, 4) is 0 Å². The molecule has 0 bridgehead atoms. The van der Waals surface area contributed by atoms with Gasteiger partial charge in [0.2, 0.25) is 0 Å². The van der Waals surface area contributed by atoms with Crippen LogP contribution in [-0.2, 0) is 6.54 Å². The molecule has 5 nitrogen and oxygen atoms in total. The van der Waals surface area contributed by atoms with Gasteiger partial charge in [0.05, 0.1) is 0 Å². The number of nitrogens with two attached hydrogens (primary N) is 1. The van der Waals surface area contributed by atoms with E-state index in [1.165, 1.54) is 4.57 Å². The lowest BCUT2D eigenvalue weighted by molar-refractivity contribution is 0.297. The maximum atomic E-state index is 11.2. The number of hydrogen-bond acceptors (Lipinski definition) is 4. The molecule has 0 unspecified atom stereocenters. The van der Waals surface area contributed by atoms with Crippen molar-refractivity contribution in [3.63, 3.8) is 0 Å². The fourth-order valence-electron chi connectivity index (χ4n) is 1.04. The maximum absolute atomic E-state index is 11.2. The molecule has 1 aromatic rings. The monoisotopic (exact) mass is 195 g/mol. The molecule has 0 spiro atoms. The third-order valence-corrected chi connectivity index (χ3v) is 1.75. The van der Waals surface area contributed by atoms with Gasteiger partial charge in [0.25, 0.3) is 0 Å². The van der Waals surface area contributed by atoms with Crippen LogP contribution in [0.5, 0.6) is 0 Å². The summed E-state index contributed by atoms with van der Waals surface area (Å²) in [6.45, 7) is 4.13.